The van der Waals surface area contributed by atoms with Crippen molar-refractivity contribution in [1.29, 1.82) is 0 Å². The maximum atomic E-state index is 12.3. The van der Waals surface area contributed by atoms with Gasteiger partial charge in [-0.3, -0.25) is 19.8 Å². The molecule has 158 valence electrons. The van der Waals surface area contributed by atoms with Crippen molar-refractivity contribution < 1.29 is 19.4 Å². The average Bonchev–Trinajstić information content (AvgIpc) is 3.32. The van der Waals surface area contributed by atoms with E-state index in [0.717, 1.165) is 22.3 Å². The summed E-state index contributed by atoms with van der Waals surface area (Å²) in [5, 5.41) is 19.0. The van der Waals surface area contributed by atoms with Crippen LogP contribution < -0.4 is 10.6 Å². The maximum Gasteiger partial charge on any atom is 0.409 e. The third-order valence-corrected chi connectivity index (χ3v) is 4.82. The van der Waals surface area contributed by atoms with E-state index in [2.05, 4.69) is 20.7 Å². The fourth-order valence-corrected chi connectivity index (χ4v) is 3.27. The lowest BCUT2D eigenvalue weighted by atomic mass is 10.0. The number of carbonyl (C=O) groups excluding carboxylic acids is 2. The fourth-order valence-electron chi connectivity index (χ4n) is 3.27. The normalized spacial score (nSPS) is 18.1. The highest BCUT2D eigenvalue weighted by molar-refractivity contribution is 6.02. The van der Waals surface area contributed by atoms with Gasteiger partial charge in [0.15, 0.2) is 12.3 Å². The van der Waals surface area contributed by atoms with Gasteiger partial charge < -0.3 is 15.2 Å². The van der Waals surface area contributed by atoms with Crippen LogP contribution in [0.2, 0.25) is 0 Å². The Kier molecular flexibility index (Phi) is 5.76. The number of anilines is 1. The Bertz CT molecular complexity index is 1120. The topological polar surface area (TPSA) is 118 Å². The molecule has 2 atom stereocenters. The Morgan fingerprint density at radius 2 is 2.10 bits per heavy atom. The number of rotatable bonds is 6. The number of aryl methyl sites for hydroxylation is 1. The third-order valence-electron chi connectivity index (χ3n) is 4.82. The lowest BCUT2D eigenvalue weighted by Gasteiger charge is -2.12. The van der Waals surface area contributed by atoms with E-state index in [0.29, 0.717) is 12.1 Å². The Balaban J connectivity index is 1.38. The van der Waals surface area contributed by atoms with Crippen molar-refractivity contribution in [2.24, 2.45) is 7.05 Å². The zero-order valence-electron chi connectivity index (χ0n) is 16.7. The Morgan fingerprint density at radius 3 is 2.77 bits per heavy atom. The number of nitrogens with zero attached hydrogens (tertiary/aromatic N) is 3. The van der Waals surface area contributed by atoms with Crippen molar-refractivity contribution >= 4 is 23.8 Å². The van der Waals surface area contributed by atoms with Crippen molar-refractivity contribution in [2.75, 3.05) is 5.32 Å². The standard InChI is InChI=1S/C22H21N5O4/c1-27-13-16(12-24-27)18-8-9-23-11-15(18)4-7-20(28)25-17-5-2-14(3-6-17)10-19-21(29)26-22(30)31-19/h2-9,11-13,19,21,29H,10H2,1H3,(H,25,28)(H,26,30)/b7-4+. The van der Waals surface area contributed by atoms with Crippen molar-refractivity contribution in [1.82, 2.24) is 20.1 Å². The van der Waals surface area contributed by atoms with E-state index >= 15 is 0 Å². The minimum absolute atomic E-state index is 0.280. The minimum Gasteiger partial charge on any atom is -0.441 e. The van der Waals surface area contributed by atoms with E-state index in [1.807, 2.05) is 19.3 Å². The molecule has 9 heteroatoms. The van der Waals surface area contributed by atoms with Gasteiger partial charge in [-0.05, 0) is 35.4 Å². The van der Waals surface area contributed by atoms with Gasteiger partial charge in [-0.25, -0.2) is 4.79 Å². The first kappa shape index (κ1) is 20.3. The first-order chi connectivity index (χ1) is 15.0. The van der Waals surface area contributed by atoms with Crippen LogP contribution in [0, 0.1) is 0 Å². The molecule has 1 aliphatic heterocycles. The number of benzene rings is 1. The number of aromatic nitrogens is 3. The summed E-state index contributed by atoms with van der Waals surface area (Å²) in [6.07, 6.45) is 8.28. The second-order valence-corrected chi connectivity index (χ2v) is 7.12. The van der Waals surface area contributed by atoms with Crippen LogP contribution in [0.25, 0.3) is 17.2 Å². The second-order valence-electron chi connectivity index (χ2n) is 7.12. The molecule has 2 aromatic heterocycles. The molecule has 1 fully saturated rings. The van der Waals surface area contributed by atoms with Gasteiger partial charge in [0, 0.05) is 54.9 Å². The summed E-state index contributed by atoms with van der Waals surface area (Å²) >= 11 is 0. The predicted octanol–water partition coefficient (Wildman–Crippen LogP) is 2.10. The summed E-state index contributed by atoms with van der Waals surface area (Å²) in [6, 6.07) is 8.99. The summed E-state index contributed by atoms with van der Waals surface area (Å²) in [5.74, 6) is -0.280. The largest absolute Gasteiger partial charge is 0.441 e. The lowest BCUT2D eigenvalue weighted by Crippen LogP contribution is -2.32. The number of pyridine rings is 1. The fraction of sp³-hybridized carbons (Fsp3) is 0.182. The van der Waals surface area contributed by atoms with E-state index in [-0.39, 0.29) is 5.91 Å². The van der Waals surface area contributed by atoms with Gasteiger partial charge in [0.25, 0.3) is 0 Å². The molecule has 2 amide bonds. The van der Waals surface area contributed by atoms with E-state index in [1.165, 1.54) is 6.08 Å². The van der Waals surface area contributed by atoms with E-state index in [4.69, 9.17) is 4.74 Å². The molecular weight excluding hydrogens is 398 g/mol. The maximum absolute atomic E-state index is 12.3. The van der Waals surface area contributed by atoms with Crippen LogP contribution in [0.15, 0.2) is 61.2 Å². The number of hydrogen-bond donors (Lipinski definition) is 3. The van der Waals surface area contributed by atoms with Crippen LogP contribution >= 0.6 is 0 Å². The number of aliphatic hydroxyl groups excluding tert-OH is 1. The van der Waals surface area contributed by atoms with Crippen LogP contribution in [0.1, 0.15) is 11.1 Å². The quantitative estimate of drug-likeness (QED) is 0.527. The molecule has 31 heavy (non-hydrogen) atoms. The highest BCUT2D eigenvalue weighted by Crippen LogP contribution is 2.23. The van der Waals surface area contributed by atoms with Crippen molar-refractivity contribution in [2.45, 2.75) is 18.8 Å². The molecule has 4 rings (SSSR count). The first-order valence-electron chi connectivity index (χ1n) is 9.64. The van der Waals surface area contributed by atoms with Crippen LogP contribution in [-0.4, -0.2) is 44.2 Å². The SMILES string of the molecule is Cn1cc(-c2ccncc2/C=C/C(=O)Nc2ccc(CC3OC(=O)NC3O)cc2)cn1. The summed E-state index contributed by atoms with van der Waals surface area (Å²) in [7, 11) is 1.85. The molecule has 0 bridgehead atoms. The molecule has 3 N–H and O–H groups in total. The van der Waals surface area contributed by atoms with Gasteiger partial charge >= 0.3 is 6.09 Å². The van der Waals surface area contributed by atoms with Gasteiger partial charge in [-0.1, -0.05) is 12.1 Å². The van der Waals surface area contributed by atoms with E-state index in [9.17, 15) is 14.7 Å². The van der Waals surface area contributed by atoms with Crippen LogP contribution in [-0.2, 0) is 23.0 Å². The third kappa shape index (κ3) is 4.96. The Labute approximate surface area is 178 Å². The molecule has 1 saturated heterocycles. The molecule has 0 saturated carbocycles. The molecular formula is C22H21N5O4. The zero-order chi connectivity index (χ0) is 21.8. The van der Waals surface area contributed by atoms with Gasteiger partial charge in [0.2, 0.25) is 5.91 Å². The van der Waals surface area contributed by atoms with Crippen molar-refractivity contribution in [3.63, 3.8) is 0 Å². The summed E-state index contributed by atoms with van der Waals surface area (Å²) in [5.41, 5.74) is 4.17. The summed E-state index contributed by atoms with van der Waals surface area (Å²) in [6.45, 7) is 0. The molecule has 0 radical (unpaired) electrons. The molecule has 2 unspecified atom stereocenters. The molecule has 0 spiro atoms. The van der Waals surface area contributed by atoms with Crippen LogP contribution in [0.3, 0.4) is 0 Å². The summed E-state index contributed by atoms with van der Waals surface area (Å²) < 4.78 is 6.72. The highest BCUT2D eigenvalue weighted by atomic mass is 16.6. The van der Waals surface area contributed by atoms with Crippen molar-refractivity contribution in [3.05, 3.63) is 72.3 Å². The predicted molar refractivity (Wildman–Crippen MR) is 114 cm³/mol. The number of ether oxygens (including phenoxy) is 1. The summed E-state index contributed by atoms with van der Waals surface area (Å²) in [4.78, 5) is 27.6. The molecule has 3 heterocycles. The molecule has 1 aliphatic rings. The Hall–Kier alpha value is -3.98. The lowest BCUT2D eigenvalue weighted by molar-refractivity contribution is -0.111. The highest BCUT2D eigenvalue weighted by Gasteiger charge is 2.32. The number of nitrogens with one attached hydrogen (secondary N) is 2. The molecule has 0 aliphatic carbocycles. The smallest absolute Gasteiger partial charge is 0.409 e. The number of hydrogen-bond acceptors (Lipinski definition) is 6. The number of cyclic esters (lactones) is 1. The second kappa shape index (κ2) is 8.80. The average molecular weight is 419 g/mol. The number of amides is 2. The zero-order valence-corrected chi connectivity index (χ0v) is 16.7. The molecule has 9 nitrogen and oxygen atoms in total. The van der Waals surface area contributed by atoms with Gasteiger partial charge in [0.1, 0.15) is 0 Å². The van der Waals surface area contributed by atoms with Gasteiger partial charge in [-0.15, -0.1) is 0 Å². The van der Waals surface area contributed by atoms with Gasteiger partial charge in [-0.2, -0.15) is 5.10 Å². The molecule has 1 aromatic carbocycles. The van der Waals surface area contributed by atoms with Crippen molar-refractivity contribution in [3.8, 4) is 11.1 Å². The number of alkyl carbamates (subject to hydrolysis) is 1. The van der Waals surface area contributed by atoms with Crippen LogP contribution in [0.5, 0.6) is 0 Å². The number of carbonyl (C=O) groups is 2. The van der Waals surface area contributed by atoms with E-state index in [1.54, 1.807) is 53.6 Å². The first-order valence-corrected chi connectivity index (χ1v) is 9.64. The van der Waals surface area contributed by atoms with Crippen LogP contribution in [0.4, 0.5) is 10.5 Å². The number of aliphatic hydroxyl groups is 1. The monoisotopic (exact) mass is 419 g/mol. The van der Waals surface area contributed by atoms with E-state index < -0.39 is 18.4 Å². The Morgan fingerprint density at radius 1 is 1.29 bits per heavy atom. The molecule has 3 aromatic rings. The minimum atomic E-state index is -1.03. The van der Waals surface area contributed by atoms with Gasteiger partial charge in [0.05, 0.1) is 6.20 Å².